The van der Waals surface area contributed by atoms with E-state index in [1.807, 2.05) is 4.90 Å². The minimum atomic E-state index is -0.965. The lowest BCUT2D eigenvalue weighted by Crippen LogP contribution is -2.54. The van der Waals surface area contributed by atoms with Gasteiger partial charge in [-0.05, 0) is 43.2 Å². The van der Waals surface area contributed by atoms with Crippen molar-refractivity contribution in [2.75, 3.05) is 24.5 Å². The van der Waals surface area contributed by atoms with Crippen LogP contribution >= 0.6 is 0 Å². The van der Waals surface area contributed by atoms with Gasteiger partial charge in [0.15, 0.2) is 11.6 Å². The van der Waals surface area contributed by atoms with Crippen molar-refractivity contribution in [3.63, 3.8) is 0 Å². The first-order valence-electron chi connectivity index (χ1n) is 10.0. The highest BCUT2D eigenvalue weighted by Crippen LogP contribution is 2.44. The molecule has 154 valence electrons. The van der Waals surface area contributed by atoms with Crippen molar-refractivity contribution in [1.29, 1.82) is 0 Å². The molecule has 2 N–H and O–H groups in total. The number of hydrogen-bond acceptors (Lipinski definition) is 4. The fourth-order valence-electron chi connectivity index (χ4n) is 5.05. The molecule has 1 aromatic rings. The predicted octanol–water partition coefficient (Wildman–Crippen LogP) is 1.31. The van der Waals surface area contributed by atoms with E-state index < -0.39 is 23.2 Å². The zero-order chi connectivity index (χ0) is 20.3. The number of hydrogen-bond donors (Lipinski definition) is 2. The summed E-state index contributed by atoms with van der Waals surface area (Å²) in [6.07, 6.45) is 2.77. The van der Waals surface area contributed by atoms with Crippen LogP contribution in [0.15, 0.2) is 12.1 Å². The Balaban J connectivity index is 1.24. The van der Waals surface area contributed by atoms with Crippen LogP contribution in [-0.2, 0) is 16.0 Å². The molecule has 5 rings (SSSR count). The molecule has 0 spiro atoms. The van der Waals surface area contributed by atoms with Gasteiger partial charge >= 0.3 is 6.03 Å². The Morgan fingerprint density at radius 1 is 1.17 bits per heavy atom. The van der Waals surface area contributed by atoms with Crippen molar-refractivity contribution in [3.8, 4) is 0 Å². The van der Waals surface area contributed by atoms with Gasteiger partial charge in [-0.2, -0.15) is 0 Å². The highest BCUT2D eigenvalue weighted by atomic mass is 19.2. The van der Waals surface area contributed by atoms with Crippen LogP contribution in [0, 0.1) is 17.6 Å². The third kappa shape index (κ3) is 2.94. The average molecular weight is 404 g/mol. The van der Waals surface area contributed by atoms with E-state index in [1.54, 1.807) is 4.90 Å². The monoisotopic (exact) mass is 404 g/mol. The molecular weight excluding hydrogens is 382 g/mol. The van der Waals surface area contributed by atoms with Crippen LogP contribution in [0.1, 0.15) is 31.2 Å². The standard InChI is InChI=1S/C20H22F2N4O3/c21-14-8-11-7-13-10-25(5-6-26(13)16(11)9-15(14)22)17(27)3-4-20(12-1-2-12)18(28)23-19(29)24-20/h8-9,12-13H,1-7,10H2,(H2,23,24,28,29)/t13-,20+/m1/s1. The van der Waals surface area contributed by atoms with Gasteiger partial charge in [-0.15, -0.1) is 0 Å². The molecule has 1 aromatic carbocycles. The summed E-state index contributed by atoms with van der Waals surface area (Å²) in [4.78, 5) is 40.6. The van der Waals surface area contributed by atoms with Gasteiger partial charge < -0.3 is 15.1 Å². The Bertz CT molecular complexity index is 919. The molecule has 0 bridgehead atoms. The number of carbonyl (C=O) groups excluding carboxylic acids is 3. The summed E-state index contributed by atoms with van der Waals surface area (Å²) in [5.74, 6) is -2.01. The molecule has 3 aliphatic heterocycles. The summed E-state index contributed by atoms with van der Waals surface area (Å²) in [6.45, 7) is 1.52. The van der Waals surface area contributed by atoms with E-state index in [1.165, 1.54) is 12.1 Å². The highest BCUT2D eigenvalue weighted by Gasteiger charge is 2.55. The van der Waals surface area contributed by atoms with E-state index >= 15 is 0 Å². The molecule has 9 heteroatoms. The SMILES string of the molecule is O=C1NC(=O)[C@](CCC(=O)N2CCN3c4cc(F)c(F)cc4C[C@@H]3C2)(C2CC2)N1. The van der Waals surface area contributed by atoms with Gasteiger partial charge in [0, 0.05) is 37.8 Å². The van der Waals surface area contributed by atoms with Crippen LogP contribution in [0.3, 0.4) is 0 Å². The molecule has 0 radical (unpaired) electrons. The smallest absolute Gasteiger partial charge is 0.322 e. The van der Waals surface area contributed by atoms with E-state index in [0.717, 1.165) is 18.4 Å². The molecule has 7 nitrogen and oxygen atoms in total. The summed E-state index contributed by atoms with van der Waals surface area (Å²) in [6, 6.07) is 1.99. The molecule has 2 atom stereocenters. The number of nitrogens with one attached hydrogen (secondary N) is 2. The molecule has 0 unspecified atom stereocenters. The molecular formula is C20H22F2N4O3. The number of anilines is 1. The van der Waals surface area contributed by atoms with Crippen molar-refractivity contribution in [2.24, 2.45) is 5.92 Å². The molecule has 1 saturated carbocycles. The second-order valence-electron chi connectivity index (χ2n) is 8.44. The van der Waals surface area contributed by atoms with E-state index in [9.17, 15) is 23.2 Å². The van der Waals surface area contributed by atoms with Gasteiger partial charge in [0.25, 0.3) is 5.91 Å². The molecule has 29 heavy (non-hydrogen) atoms. The minimum Gasteiger partial charge on any atom is -0.364 e. The van der Waals surface area contributed by atoms with Crippen LogP contribution < -0.4 is 15.5 Å². The molecule has 0 aromatic heterocycles. The molecule has 4 aliphatic rings. The molecule has 3 fully saturated rings. The Labute approximate surface area is 166 Å². The lowest BCUT2D eigenvalue weighted by molar-refractivity contribution is -0.133. The molecule has 1 aliphatic carbocycles. The second kappa shape index (κ2) is 6.40. The van der Waals surface area contributed by atoms with Crippen molar-refractivity contribution >= 4 is 23.5 Å². The number of rotatable bonds is 4. The predicted molar refractivity (Wildman–Crippen MR) is 99.1 cm³/mol. The van der Waals surface area contributed by atoms with Crippen LogP contribution in [0.2, 0.25) is 0 Å². The molecule has 4 amide bonds. The first kappa shape index (κ1) is 18.3. The van der Waals surface area contributed by atoms with Crippen molar-refractivity contribution < 1.29 is 23.2 Å². The number of piperazine rings is 1. The van der Waals surface area contributed by atoms with Crippen LogP contribution in [0.25, 0.3) is 0 Å². The maximum absolute atomic E-state index is 13.6. The summed E-state index contributed by atoms with van der Waals surface area (Å²) >= 11 is 0. The Morgan fingerprint density at radius 2 is 1.93 bits per heavy atom. The summed E-state index contributed by atoms with van der Waals surface area (Å²) < 4.78 is 27.2. The fraction of sp³-hybridized carbons (Fsp3) is 0.550. The second-order valence-corrected chi connectivity index (χ2v) is 8.44. The topological polar surface area (TPSA) is 81.8 Å². The molecule has 3 heterocycles. The fourth-order valence-corrected chi connectivity index (χ4v) is 5.05. The van der Waals surface area contributed by atoms with E-state index in [2.05, 4.69) is 10.6 Å². The quantitative estimate of drug-likeness (QED) is 0.742. The van der Waals surface area contributed by atoms with Crippen molar-refractivity contribution in [2.45, 2.75) is 43.7 Å². The lowest BCUT2D eigenvalue weighted by atomic mass is 9.87. The minimum absolute atomic E-state index is 0.00391. The van der Waals surface area contributed by atoms with Crippen LogP contribution in [-0.4, -0.2) is 54.0 Å². The number of imide groups is 1. The Morgan fingerprint density at radius 3 is 2.62 bits per heavy atom. The third-order valence-electron chi connectivity index (χ3n) is 6.70. The Hall–Kier alpha value is -2.71. The number of urea groups is 1. The highest BCUT2D eigenvalue weighted by molar-refractivity contribution is 6.07. The van der Waals surface area contributed by atoms with E-state index in [4.69, 9.17) is 0 Å². The first-order chi connectivity index (χ1) is 13.9. The Kier molecular flexibility index (Phi) is 4.04. The van der Waals surface area contributed by atoms with E-state index in [0.29, 0.717) is 31.7 Å². The number of fused-ring (bicyclic) bond motifs is 3. The van der Waals surface area contributed by atoms with E-state index in [-0.39, 0.29) is 36.6 Å². The maximum Gasteiger partial charge on any atom is 0.322 e. The third-order valence-corrected chi connectivity index (χ3v) is 6.70. The lowest BCUT2D eigenvalue weighted by Gasteiger charge is -2.39. The normalized spacial score (nSPS) is 28.1. The van der Waals surface area contributed by atoms with Gasteiger partial charge in [0.05, 0.1) is 6.04 Å². The zero-order valence-electron chi connectivity index (χ0n) is 15.8. The van der Waals surface area contributed by atoms with Crippen molar-refractivity contribution in [3.05, 3.63) is 29.3 Å². The number of benzene rings is 1. The summed E-state index contributed by atoms with van der Waals surface area (Å²) in [5.41, 5.74) is 0.507. The summed E-state index contributed by atoms with van der Waals surface area (Å²) in [5, 5.41) is 5.05. The first-order valence-corrected chi connectivity index (χ1v) is 10.0. The van der Waals surface area contributed by atoms with Gasteiger partial charge in [0.1, 0.15) is 5.54 Å². The van der Waals surface area contributed by atoms with Gasteiger partial charge in [-0.3, -0.25) is 14.9 Å². The number of nitrogens with zero attached hydrogens (tertiary/aromatic N) is 2. The molecule has 2 saturated heterocycles. The van der Waals surface area contributed by atoms with Gasteiger partial charge in [-0.1, -0.05) is 0 Å². The van der Waals surface area contributed by atoms with Gasteiger partial charge in [0.2, 0.25) is 5.91 Å². The zero-order valence-corrected chi connectivity index (χ0v) is 15.8. The van der Waals surface area contributed by atoms with Crippen LogP contribution in [0.5, 0.6) is 0 Å². The average Bonchev–Trinajstić information content (AvgIpc) is 3.42. The number of carbonyl (C=O) groups is 3. The van der Waals surface area contributed by atoms with Crippen molar-refractivity contribution in [1.82, 2.24) is 15.5 Å². The van der Waals surface area contributed by atoms with Crippen LogP contribution in [0.4, 0.5) is 19.3 Å². The maximum atomic E-state index is 13.6. The summed E-state index contributed by atoms with van der Waals surface area (Å²) in [7, 11) is 0. The number of amides is 4. The number of halogens is 2. The largest absolute Gasteiger partial charge is 0.364 e. The van der Waals surface area contributed by atoms with Gasteiger partial charge in [-0.25, -0.2) is 13.6 Å².